The first-order valence-electron chi connectivity index (χ1n) is 7.57. The maximum atomic E-state index is 13.2. The third-order valence-electron chi connectivity index (χ3n) is 4.09. The van der Waals surface area contributed by atoms with Gasteiger partial charge in [-0.2, -0.15) is 4.31 Å². The highest BCUT2D eigenvalue weighted by Crippen LogP contribution is 2.24. The van der Waals surface area contributed by atoms with E-state index in [1.54, 1.807) is 12.1 Å². The van der Waals surface area contributed by atoms with Crippen LogP contribution in [-0.4, -0.2) is 31.4 Å². The van der Waals surface area contributed by atoms with Gasteiger partial charge >= 0.3 is 0 Å². The molecule has 0 aliphatic carbocycles. The zero-order chi connectivity index (χ0) is 18.2. The highest BCUT2D eigenvalue weighted by Gasteiger charge is 2.23. The van der Waals surface area contributed by atoms with E-state index in [9.17, 15) is 22.0 Å². The first kappa shape index (κ1) is 17.5. The van der Waals surface area contributed by atoms with E-state index in [1.807, 2.05) is 6.07 Å². The lowest BCUT2D eigenvalue weighted by atomic mass is 10.0. The lowest BCUT2D eigenvalue weighted by molar-refractivity contribution is 0.102. The zero-order valence-electron chi connectivity index (χ0n) is 13.4. The largest absolute Gasteiger partial charge is 0.322 e. The molecule has 1 amide bonds. The SMILES string of the molecule is CS(=O)(=O)N1CCc2ccc(NC(=O)c3ccc(F)c(F)c3)cc2C1. The van der Waals surface area contributed by atoms with Crippen LogP contribution in [0.3, 0.4) is 0 Å². The zero-order valence-corrected chi connectivity index (χ0v) is 14.2. The Labute approximate surface area is 144 Å². The van der Waals surface area contributed by atoms with Gasteiger partial charge in [0, 0.05) is 24.3 Å². The van der Waals surface area contributed by atoms with E-state index in [0.29, 0.717) is 18.7 Å². The van der Waals surface area contributed by atoms with Gasteiger partial charge in [-0.1, -0.05) is 6.07 Å². The van der Waals surface area contributed by atoms with Crippen LogP contribution >= 0.6 is 0 Å². The second kappa shape index (κ2) is 6.53. The third kappa shape index (κ3) is 3.85. The minimum atomic E-state index is -3.29. The topological polar surface area (TPSA) is 66.5 Å². The summed E-state index contributed by atoms with van der Waals surface area (Å²) in [5, 5.41) is 2.61. The lowest BCUT2D eigenvalue weighted by Gasteiger charge is -2.27. The van der Waals surface area contributed by atoms with Gasteiger partial charge in [0.25, 0.3) is 5.91 Å². The molecule has 2 aromatic carbocycles. The Balaban J connectivity index is 1.80. The van der Waals surface area contributed by atoms with E-state index in [-0.39, 0.29) is 12.1 Å². The highest BCUT2D eigenvalue weighted by atomic mass is 32.2. The summed E-state index contributed by atoms with van der Waals surface area (Å²) in [4.78, 5) is 12.2. The first-order valence-corrected chi connectivity index (χ1v) is 9.42. The van der Waals surface area contributed by atoms with E-state index >= 15 is 0 Å². The van der Waals surface area contributed by atoms with Crippen molar-refractivity contribution >= 4 is 21.6 Å². The number of nitrogens with zero attached hydrogens (tertiary/aromatic N) is 1. The average Bonchev–Trinajstić information content (AvgIpc) is 2.55. The van der Waals surface area contributed by atoms with Gasteiger partial charge in [0.05, 0.1) is 6.26 Å². The maximum absolute atomic E-state index is 13.2. The quantitative estimate of drug-likeness (QED) is 0.908. The molecule has 0 aromatic heterocycles. The molecule has 25 heavy (non-hydrogen) atoms. The summed E-state index contributed by atoms with van der Waals surface area (Å²) in [6, 6.07) is 8.14. The highest BCUT2D eigenvalue weighted by molar-refractivity contribution is 7.88. The molecule has 0 saturated carbocycles. The number of sulfonamides is 1. The molecule has 132 valence electrons. The fraction of sp³-hybridized carbons (Fsp3) is 0.235. The monoisotopic (exact) mass is 366 g/mol. The Hall–Kier alpha value is -2.32. The fourth-order valence-corrected chi connectivity index (χ4v) is 3.53. The van der Waals surface area contributed by atoms with Crippen molar-refractivity contribution < 1.29 is 22.0 Å². The van der Waals surface area contributed by atoms with Crippen LogP contribution in [0, 0.1) is 11.6 Å². The molecule has 0 spiro atoms. The number of benzene rings is 2. The number of anilines is 1. The van der Waals surface area contributed by atoms with Crippen LogP contribution in [0.15, 0.2) is 36.4 Å². The van der Waals surface area contributed by atoms with E-state index < -0.39 is 27.6 Å². The van der Waals surface area contributed by atoms with Crippen LogP contribution in [0.4, 0.5) is 14.5 Å². The van der Waals surface area contributed by atoms with Gasteiger partial charge in [0.1, 0.15) is 0 Å². The van der Waals surface area contributed by atoms with Gasteiger partial charge in [0.15, 0.2) is 11.6 Å². The Morgan fingerprint density at radius 2 is 1.84 bits per heavy atom. The van der Waals surface area contributed by atoms with Crippen LogP contribution in [-0.2, 0) is 23.0 Å². The van der Waals surface area contributed by atoms with E-state index in [4.69, 9.17) is 0 Å². The summed E-state index contributed by atoms with van der Waals surface area (Å²) < 4.78 is 50.9. The number of carbonyl (C=O) groups is 1. The Bertz CT molecular complexity index is 945. The minimum absolute atomic E-state index is 0.00520. The van der Waals surface area contributed by atoms with Crippen molar-refractivity contribution in [2.24, 2.45) is 0 Å². The van der Waals surface area contributed by atoms with Gasteiger partial charge in [-0.3, -0.25) is 4.79 Å². The molecule has 0 atom stereocenters. The smallest absolute Gasteiger partial charge is 0.255 e. The summed E-state index contributed by atoms with van der Waals surface area (Å²) in [6.45, 7) is 0.662. The molecule has 0 bridgehead atoms. The van der Waals surface area contributed by atoms with Crippen molar-refractivity contribution in [2.75, 3.05) is 18.1 Å². The average molecular weight is 366 g/mol. The van der Waals surface area contributed by atoms with Crippen LogP contribution in [0.25, 0.3) is 0 Å². The molecular formula is C17H16F2N2O3S. The molecule has 1 N–H and O–H groups in total. The van der Waals surface area contributed by atoms with Crippen LogP contribution in [0.2, 0.25) is 0 Å². The molecule has 8 heteroatoms. The summed E-state index contributed by atoms with van der Waals surface area (Å²) >= 11 is 0. The van der Waals surface area contributed by atoms with Gasteiger partial charge in [-0.05, 0) is 47.9 Å². The normalized spacial score (nSPS) is 14.8. The Kier molecular flexibility index (Phi) is 4.57. The summed E-state index contributed by atoms with van der Waals surface area (Å²) in [5.41, 5.74) is 2.28. The molecule has 5 nitrogen and oxygen atoms in total. The van der Waals surface area contributed by atoms with Crippen LogP contribution < -0.4 is 5.32 Å². The van der Waals surface area contributed by atoms with E-state index in [1.165, 1.54) is 10.4 Å². The predicted octanol–water partition coefficient (Wildman–Crippen LogP) is 2.53. The van der Waals surface area contributed by atoms with Crippen LogP contribution in [0.1, 0.15) is 21.5 Å². The summed E-state index contributed by atoms with van der Waals surface area (Å²) in [5.74, 6) is -2.69. The minimum Gasteiger partial charge on any atom is -0.322 e. The van der Waals surface area contributed by atoms with Gasteiger partial charge in [-0.25, -0.2) is 17.2 Å². The van der Waals surface area contributed by atoms with Crippen LogP contribution in [0.5, 0.6) is 0 Å². The van der Waals surface area contributed by atoms with Crippen molar-refractivity contribution in [3.63, 3.8) is 0 Å². The molecule has 1 heterocycles. The second-order valence-electron chi connectivity index (χ2n) is 5.91. The molecule has 0 unspecified atom stereocenters. The van der Waals surface area contributed by atoms with Gasteiger partial charge in [-0.15, -0.1) is 0 Å². The first-order chi connectivity index (χ1) is 11.7. The molecule has 0 fully saturated rings. The van der Waals surface area contributed by atoms with Crippen molar-refractivity contribution in [1.29, 1.82) is 0 Å². The second-order valence-corrected chi connectivity index (χ2v) is 7.90. The van der Waals surface area contributed by atoms with Gasteiger partial charge in [0.2, 0.25) is 10.0 Å². The number of hydrogen-bond donors (Lipinski definition) is 1. The number of halogens is 2. The summed E-state index contributed by atoms with van der Waals surface area (Å²) in [7, 11) is -3.29. The van der Waals surface area contributed by atoms with Crippen molar-refractivity contribution in [1.82, 2.24) is 4.31 Å². The third-order valence-corrected chi connectivity index (χ3v) is 5.34. The molecule has 1 aliphatic rings. The molecule has 0 radical (unpaired) electrons. The number of fused-ring (bicyclic) bond motifs is 1. The Morgan fingerprint density at radius 3 is 2.52 bits per heavy atom. The van der Waals surface area contributed by atoms with Crippen molar-refractivity contribution in [3.05, 3.63) is 64.7 Å². The number of carbonyl (C=O) groups excluding carboxylic acids is 1. The standard InChI is InChI=1S/C17H16F2N2O3S/c1-25(23,24)21-7-6-11-2-4-14(8-13(11)10-21)20-17(22)12-3-5-15(18)16(19)9-12/h2-5,8-9H,6-7,10H2,1H3,(H,20,22). The molecule has 2 aromatic rings. The lowest BCUT2D eigenvalue weighted by Crippen LogP contribution is -2.35. The number of nitrogens with one attached hydrogen (secondary N) is 1. The Morgan fingerprint density at radius 1 is 1.08 bits per heavy atom. The van der Waals surface area contributed by atoms with Crippen molar-refractivity contribution in [3.8, 4) is 0 Å². The van der Waals surface area contributed by atoms with Gasteiger partial charge < -0.3 is 5.32 Å². The predicted molar refractivity (Wildman–Crippen MR) is 89.7 cm³/mol. The number of rotatable bonds is 3. The molecule has 1 aliphatic heterocycles. The van der Waals surface area contributed by atoms with E-state index in [2.05, 4.69) is 5.32 Å². The molecule has 3 rings (SSSR count). The summed E-state index contributed by atoms with van der Waals surface area (Å²) in [6.07, 6.45) is 1.76. The molecule has 0 saturated heterocycles. The van der Waals surface area contributed by atoms with E-state index in [0.717, 1.165) is 29.5 Å². The molecular weight excluding hydrogens is 350 g/mol. The van der Waals surface area contributed by atoms with Crippen molar-refractivity contribution in [2.45, 2.75) is 13.0 Å². The fourth-order valence-electron chi connectivity index (χ4n) is 2.73. The maximum Gasteiger partial charge on any atom is 0.255 e. The number of hydrogen-bond acceptors (Lipinski definition) is 3. The number of amides is 1.